The van der Waals surface area contributed by atoms with Gasteiger partial charge in [-0.05, 0) is 29.4 Å². The molecule has 0 aliphatic carbocycles. The maximum absolute atomic E-state index is 10.9. The van der Waals surface area contributed by atoms with Gasteiger partial charge in [-0.15, -0.1) is 0 Å². The van der Waals surface area contributed by atoms with E-state index in [0.717, 1.165) is 6.07 Å². The van der Waals surface area contributed by atoms with Gasteiger partial charge >= 0.3 is 0 Å². The molecule has 1 aromatic carbocycles. The smallest absolute Gasteiger partial charge is 0.178 e. The van der Waals surface area contributed by atoms with Crippen molar-refractivity contribution in [3.63, 3.8) is 0 Å². The zero-order valence-corrected chi connectivity index (χ0v) is 9.02. The van der Waals surface area contributed by atoms with Gasteiger partial charge in [0, 0.05) is 0 Å². The van der Waals surface area contributed by atoms with Crippen LogP contribution < -0.4 is 4.74 Å². The number of benzene rings is 1. The Bertz CT molecular complexity index is 618. The molecular formula is C8H7N2O5S-. The molecule has 0 aliphatic rings. The lowest BCUT2D eigenvalue weighted by Crippen LogP contribution is -2.01. The van der Waals surface area contributed by atoms with Crippen molar-refractivity contribution in [2.75, 3.05) is 6.61 Å². The maximum atomic E-state index is 10.9. The van der Waals surface area contributed by atoms with Crippen LogP contribution in [0.5, 0.6) is 5.75 Å². The first-order valence-electron chi connectivity index (χ1n) is 4.38. The summed E-state index contributed by atoms with van der Waals surface area (Å²) in [6.07, 6.45) is 0. The molecule has 0 bridgehead atoms. The van der Waals surface area contributed by atoms with Gasteiger partial charge in [-0.2, -0.15) is 0 Å². The number of aromatic nitrogens is 2. The minimum absolute atomic E-state index is 0.110. The molecule has 0 aliphatic heterocycles. The van der Waals surface area contributed by atoms with E-state index >= 15 is 0 Å². The Morgan fingerprint density at radius 3 is 2.69 bits per heavy atom. The van der Waals surface area contributed by atoms with Crippen LogP contribution in [0.2, 0.25) is 0 Å². The lowest BCUT2D eigenvalue weighted by Gasteiger charge is -2.08. The molecule has 0 atom stereocenters. The lowest BCUT2D eigenvalue weighted by atomic mass is 10.3. The zero-order valence-electron chi connectivity index (χ0n) is 8.21. The minimum Gasteiger partial charge on any atom is -0.744 e. The Kier molecular flexibility index (Phi) is 2.52. The highest BCUT2D eigenvalue weighted by Gasteiger charge is 2.16. The summed E-state index contributed by atoms with van der Waals surface area (Å²) in [6.45, 7) is 2.14. The standard InChI is InChI=1S/C8H8N2O5S/c1-2-14-5-3-4-6(16(11,12)13)8-7(5)9-15-10-8/h3-4H,2H2,1H3,(H,11,12,13)/p-1. The summed E-state index contributed by atoms with van der Waals surface area (Å²) < 4.78 is 42.3. The first kappa shape index (κ1) is 10.8. The van der Waals surface area contributed by atoms with Crippen molar-refractivity contribution >= 4 is 21.2 Å². The molecule has 1 aromatic heterocycles. The number of rotatable bonds is 3. The largest absolute Gasteiger partial charge is 0.744 e. The Morgan fingerprint density at radius 1 is 1.38 bits per heavy atom. The van der Waals surface area contributed by atoms with Crippen molar-refractivity contribution in [1.82, 2.24) is 10.3 Å². The van der Waals surface area contributed by atoms with Crippen molar-refractivity contribution in [2.24, 2.45) is 0 Å². The highest BCUT2D eigenvalue weighted by molar-refractivity contribution is 7.86. The molecule has 86 valence electrons. The van der Waals surface area contributed by atoms with E-state index in [4.69, 9.17) is 4.74 Å². The highest BCUT2D eigenvalue weighted by Crippen LogP contribution is 2.28. The third kappa shape index (κ3) is 1.72. The van der Waals surface area contributed by atoms with Gasteiger partial charge < -0.3 is 9.29 Å². The molecule has 16 heavy (non-hydrogen) atoms. The number of hydrogen-bond acceptors (Lipinski definition) is 7. The number of fused-ring (bicyclic) bond motifs is 1. The van der Waals surface area contributed by atoms with Crippen molar-refractivity contribution in [1.29, 1.82) is 0 Å². The lowest BCUT2D eigenvalue weighted by molar-refractivity contribution is 0.310. The van der Waals surface area contributed by atoms with Crippen LogP contribution in [0.1, 0.15) is 6.92 Å². The van der Waals surface area contributed by atoms with Crippen LogP contribution in [0.3, 0.4) is 0 Å². The van der Waals surface area contributed by atoms with Crippen LogP contribution in [0.25, 0.3) is 11.0 Å². The summed E-state index contributed by atoms with van der Waals surface area (Å²) in [7, 11) is -4.60. The highest BCUT2D eigenvalue weighted by atomic mass is 32.2. The van der Waals surface area contributed by atoms with E-state index in [0.29, 0.717) is 12.4 Å². The summed E-state index contributed by atoms with van der Waals surface area (Å²) in [5.74, 6) is 0.325. The van der Waals surface area contributed by atoms with Crippen LogP contribution in [0.15, 0.2) is 21.7 Å². The van der Waals surface area contributed by atoms with E-state index in [1.165, 1.54) is 6.07 Å². The van der Waals surface area contributed by atoms with E-state index < -0.39 is 15.0 Å². The SMILES string of the molecule is CCOc1ccc(S(=O)(=O)[O-])c2nonc12. The molecule has 7 nitrogen and oxygen atoms in total. The summed E-state index contributed by atoms with van der Waals surface area (Å²) in [5.41, 5.74) is 0.0136. The molecule has 0 N–H and O–H groups in total. The second-order valence-corrected chi connectivity index (χ2v) is 4.26. The van der Waals surface area contributed by atoms with E-state index in [9.17, 15) is 13.0 Å². The molecule has 2 rings (SSSR count). The first-order valence-corrected chi connectivity index (χ1v) is 5.79. The molecule has 0 unspecified atom stereocenters. The van der Waals surface area contributed by atoms with Gasteiger partial charge in [0.05, 0.1) is 11.5 Å². The van der Waals surface area contributed by atoms with Gasteiger partial charge in [0.2, 0.25) is 0 Å². The minimum atomic E-state index is -4.60. The third-order valence-electron chi connectivity index (χ3n) is 1.91. The molecule has 0 spiro atoms. The fourth-order valence-corrected chi connectivity index (χ4v) is 1.90. The van der Waals surface area contributed by atoms with Crippen molar-refractivity contribution in [3.05, 3.63) is 12.1 Å². The van der Waals surface area contributed by atoms with Gasteiger partial charge in [-0.3, -0.25) is 0 Å². The molecule has 2 aromatic rings. The Morgan fingerprint density at radius 2 is 2.06 bits per heavy atom. The van der Waals surface area contributed by atoms with Gasteiger partial charge in [-0.25, -0.2) is 13.0 Å². The van der Waals surface area contributed by atoms with Crippen LogP contribution >= 0.6 is 0 Å². The second-order valence-electron chi connectivity index (χ2n) is 2.91. The summed E-state index contributed by atoms with van der Waals surface area (Å²) >= 11 is 0. The molecular weight excluding hydrogens is 236 g/mol. The van der Waals surface area contributed by atoms with E-state index in [1.54, 1.807) is 6.92 Å². The van der Waals surface area contributed by atoms with Crippen molar-refractivity contribution in [3.8, 4) is 5.75 Å². The Labute approximate surface area is 90.7 Å². The summed E-state index contributed by atoms with van der Waals surface area (Å²) in [5, 5.41) is 6.88. The van der Waals surface area contributed by atoms with E-state index in [-0.39, 0.29) is 11.0 Å². The quantitative estimate of drug-likeness (QED) is 0.723. The molecule has 8 heteroatoms. The van der Waals surface area contributed by atoms with Crippen LogP contribution in [-0.2, 0) is 10.1 Å². The van der Waals surface area contributed by atoms with E-state index in [2.05, 4.69) is 14.9 Å². The number of hydrogen-bond donors (Lipinski definition) is 0. The maximum Gasteiger partial charge on any atom is 0.178 e. The average Bonchev–Trinajstić information content (AvgIpc) is 2.65. The Hall–Kier alpha value is -1.67. The summed E-state index contributed by atoms with van der Waals surface area (Å²) in [6, 6.07) is 2.47. The van der Waals surface area contributed by atoms with Gasteiger partial charge in [0.1, 0.15) is 10.1 Å². The topological polar surface area (TPSA) is 105 Å². The van der Waals surface area contributed by atoms with Gasteiger partial charge in [0.15, 0.2) is 16.8 Å². The normalized spacial score (nSPS) is 11.9. The molecule has 0 saturated carbocycles. The van der Waals surface area contributed by atoms with Crippen LogP contribution in [0.4, 0.5) is 0 Å². The number of ether oxygens (including phenoxy) is 1. The van der Waals surface area contributed by atoms with Crippen molar-refractivity contribution < 1.29 is 22.3 Å². The monoisotopic (exact) mass is 243 g/mol. The molecule has 0 radical (unpaired) electrons. The molecule has 1 heterocycles. The fourth-order valence-electron chi connectivity index (χ4n) is 1.29. The number of nitrogens with zero attached hydrogens (tertiary/aromatic N) is 2. The Balaban J connectivity index is 2.74. The van der Waals surface area contributed by atoms with E-state index in [1.807, 2.05) is 0 Å². The molecule has 0 saturated heterocycles. The second kappa shape index (κ2) is 3.72. The zero-order chi connectivity index (χ0) is 11.8. The predicted octanol–water partition coefficient (Wildman–Crippen LogP) is 0.526. The predicted molar refractivity (Wildman–Crippen MR) is 50.9 cm³/mol. The van der Waals surface area contributed by atoms with Crippen LogP contribution in [0, 0.1) is 0 Å². The third-order valence-corrected chi connectivity index (χ3v) is 2.78. The first-order chi connectivity index (χ1) is 7.54. The van der Waals surface area contributed by atoms with Crippen molar-refractivity contribution in [2.45, 2.75) is 11.8 Å². The fraction of sp³-hybridized carbons (Fsp3) is 0.250. The van der Waals surface area contributed by atoms with Gasteiger partial charge in [-0.1, -0.05) is 0 Å². The molecule has 0 amide bonds. The average molecular weight is 243 g/mol. The van der Waals surface area contributed by atoms with Gasteiger partial charge in [0.25, 0.3) is 0 Å². The molecule has 0 fully saturated rings. The van der Waals surface area contributed by atoms with Crippen LogP contribution in [-0.4, -0.2) is 29.9 Å². The summed E-state index contributed by atoms with van der Waals surface area (Å²) in [4.78, 5) is -0.466.